The van der Waals surface area contributed by atoms with Crippen LogP contribution in [0.15, 0.2) is 12.1 Å². The highest BCUT2D eigenvalue weighted by Crippen LogP contribution is 2.56. The normalized spacial score (nSPS) is 21.3. The first-order valence-electron chi connectivity index (χ1n) is 4.44. The third-order valence-electron chi connectivity index (χ3n) is 2.96. The predicted molar refractivity (Wildman–Crippen MR) is 47.2 cm³/mol. The molecule has 68 valence electrons. The molecule has 0 radical (unpaired) electrons. The molecule has 0 atom stereocenters. The molecule has 1 fully saturated rings. The minimum absolute atomic E-state index is 0.00706. The summed E-state index contributed by atoms with van der Waals surface area (Å²) in [6.07, 6.45) is 2.08. The highest BCUT2D eigenvalue weighted by atomic mass is 19.1. The lowest BCUT2D eigenvalue weighted by molar-refractivity contribution is 0.323. The van der Waals surface area contributed by atoms with Gasteiger partial charge in [0.1, 0.15) is 11.6 Å². The number of fused-ring (bicyclic) bond motifs is 2. The fourth-order valence-electron chi connectivity index (χ4n) is 2.06. The van der Waals surface area contributed by atoms with Gasteiger partial charge in [-0.25, -0.2) is 4.39 Å². The number of hydrogen-bond donors (Lipinski definition) is 1. The molecule has 1 aliphatic heterocycles. The van der Waals surface area contributed by atoms with Crippen molar-refractivity contribution in [2.75, 3.05) is 12.3 Å². The van der Waals surface area contributed by atoms with Gasteiger partial charge in [-0.1, -0.05) is 0 Å². The van der Waals surface area contributed by atoms with Crippen LogP contribution in [0.2, 0.25) is 0 Å². The van der Waals surface area contributed by atoms with Crippen LogP contribution in [0.1, 0.15) is 18.4 Å². The Morgan fingerprint density at radius 2 is 2.15 bits per heavy atom. The van der Waals surface area contributed by atoms with Gasteiger partial charge in [-0.15, -0.1) is 0 Å². The van der Waals surface area contributed by atoms with Gasteiger partial charge in [0.2, 0.25) is 0 Å². The molecule has 0 saturated heterocycles. The van der Waals surface area contributed by atoms with Crippen LogP contribution in [-0.4, -0.2) is 6.61 Å². The Bertz CT molecular complexity index is 385. The van der Waals surface area contributed by atoms with E-state index in [1.165, 1.54) is 6.07 Å². The first-order valence-corrected chi connectivity index (χ1v) is 4.44. The summed E-state index contributed by atoms with van der Waals surface area (Å²) in [5.41, 5.74) is 6.72. The van der Waals surface area contributed by atoms with Crippen molar-refractivity contribution in [3.63, 3.8) is 0 Å². The Morgan fingerprint density at radius 3 is 2.85 bits per heavy atom. The second-order valence-electron chi connectivity index (χ2n) is 3.94. The lowest BCUT2D eigenvalue weighted by Gasteiger charge is -2.05. The molecule has 2 aliphatic rings. The number of hydrogen-bond acceptors (Lipinski definition) is 2. The van der Waals surface area contributed by atoms with Gasteiger partial charge >= 0.3 is 0 Å². The fraction of sp³-hybridized carbons (Fsp3) is 0.400. The molecule has 3 rings (SSSR count). The largest absolute Gasteiger partial charge is 0.492 e. The molecule has 2 nitrogen and oxygen atoms in total. The third-order valence-corrected chi connectivity index (χ3v) is 2.96. The van der Waals surface area contributed by atoms with E-state index in [0.29, 0.717) is 18.0 Å². The molecule has 13 heavy (non-hydrogen) atoms. The molecule has 3 heteroatoms. The number of rotatable bonds is 0. The minimum Gasteiger partial charge on any atom is -0.492 e. The van der Waals surface area contributed by atoms with Crippen LogP contribution in [0, 0.1) is 5.82 Å². The van der Waals surface area contributed by atoms with Crippen molar-refractivity contribution >= 4 is 5.69 Å². The summed E-state index contributed by atoms with van der Waals surface area (Å²) in [5, 5.41) is 0. The summed E-state index contributed by atoms with van der Waals surface area (Å²) >= 11 is 0. The third kappa shape index (κ3) is 0.816. The van der Waals surface area contributed by atoms with Crippen LogP contribution in [-0.2, 0) is 5.41 Å². The van der Waals surface area contributed by atoms with Gasteiger partial charge in [-0.2, -0.15) is 0 Å². The van der Waals surface area contributed by atoms with E-state index >= 15 is 0 Å². The monoisotopic (exact) mass is 179 g/mol. The van der Waals surface area contributed by atoms with E-state index in [1.54, 1.807) is 6.07 Å². The maximum atomic E-state index is 13.5. The van der Waals surface area contributed by atoms with Crippen molar-refractivity contribution in [1.29, 1.82) is 0 Å². The standard InChI is InChI=1S/C10H10FNO/c11-7-3-6(12)4-8-9(7)10(1-2-10)5-13-8/h3-4H,1-2,5,12H2. The maximum absolute atomic E-state index is 13.5. The highest BCUT2D eigenvalue weighted by molar-refractivity contribution is 5.56. The van der Waals surface area contributed by atoms with Crippen LogP contribution in [0.5, 0.6) is 5.75 Å². The molecule has 0 bridgehead atoms. The van der Waals surface area contributed by atoms with Crippen molar-refractivity contribution in [1.82, 2.24) is 0 Å². The summed E-state index contributed by atoms with van der Waals surface area (Å²) in [7, 11) is 0. The Balaban J connectivity index is 2.25. The second kappa shape index (κ2) is 1.97. The van der Waals surface area contributed by atoms with Crippen LogP contribution in [0.3, 0.4) is 0 Å². The molecular formula is C10H10FNO. The number of halogens is 1. The molecule has 1 spiro atoms. The Hall–Kier alpha value is -1.25. The van der Waals surface area contributed by atoms with E-state index in [2.05, 4.69) is 0 Å². The highest BCUT2D eigenvalue weighted by Gasteiger charge is 2.52. The van der Waals surface area contributed by atoms with Crippen molar-refractivity contribution in [2.24, 2.45) is 0 Å². The van der Waals surface area contributed by atoms with Gasteiger partial charge in [0.15, 0.2) is 0 Å². The zero-order valence-electron chi connectivity index (χ0n) is 7.14. The number of anilines is 1. The van der Waals surface area contributed by atoms with E-state index in [-0.39, 0.29) is 11.2 Å². The lowest BCUT2D eigenvalue weighted by atomic mass is 9.98. The molecule has 0 aromatic heterocycles. The van der Waals surface area contributed by atoms with E-state index in [1.807, 2.05) is 0 Å². The van der Waals surface area contributed by atoms with Crippen molar-refractivity contribution in [3.05, 3.63) is 23.5 Å². The van der Waals surface area contributed by atoms with Crippen molar-refractivity contribution < 1.29 is 9.13 Å². The van der Waals surface area contributed by atoms with Crippen LogP contribution < -0.4 is 10.5 Å². The van der Waals surface area contributed by atoms with Gasteiger partial charge in [0, 0.05) is 22.7 Å². The quantitative estimate of drug-likeness (QED) is 0.616. The van der Waals surface area contributed by atoms with E-state index in [0.717, 1.165) is 18.4 Å². The average Bonchev–Trinajstić information content (AvgIpc) is 2.70. The van der Waals surface area contributed by atoms with Gasteiger partial charge in [0.25, 0.3) is 0 Å². The lowest BCUT2D eigenvalue weighted by Crippen LogP contribution is -2.08. The van der Waals surface area contributed by atoms with Crippen LogP contribution >= 0.6 is 0 Å². The van der Waals surface area contributed by atoms with E-state index in [9.17, 15) is 4.39 Å². The molecule has 1 saturated carbocycles. The van der Waals surface area contributed by atoms with Gasteiger partial charge in [-0.05, 0) is 18.9 Å². The molecule has 0 unspecified atom stereocenters. The van der Waals surface area contributed by atoms with Crippen LogP contribution in [0.25, 0.3) is 0 Å². The van der Waals surface area contributed by atoms with Crippen LogP contribution in [0.4, 0.5) is 10.1 Å². The number of nitrogen functional groups attached to an aromatic ring is 1. The minimum atomic E-state index is -0.204. The van der Waals surface area contributed by atoms with Gasteiger partial charge in [-0.3, -0.25) is 0 Å². The Kier molecular flexibility index (Phi) is 1.09. The maximum Gasteiger partial charge on any atom is 0.132 e. The molecule has 2 N–H and O–H groups in total. The molecule has 1 aliphatic carbocycles. The summed E-state index contributed by atoms with van der Waals surface area (Å²) in [6, 6.07) is 3.10. The van der Waals surface area contributed by atoms with Crippen molar-refractivity contribution in [3.8, 4) is 5.75 Å². The summed E-state index contributed by atoms with van der Waals surface area (Å²) in [6.45, 7) is 0.628. The van der Waals surface area contributed by atoms with Gasteiger partial charge in [0.05, 0.1) is 6.61 Å². The zero-order chi connectivity index (χ0) is 9.05. The summed E-state index contributed by atoms with van der Waals surface area (Å²) < 4.78 is 18.9. The van der Waals surface area contributed by atoms with Gasteiger partial charge < -0.3 is 10.5 Å². The average molecular weight is 179 g/mol. The molecule has 1 aromatic rings. The van der Waals surface area contributed by atoms with E-state index in [4.69, 9.17) is 10.5 Å². The number of benzene rings is 1. The molecule has 1 heterocycles. The zero-order valence-corrected chi connectivity index (χ0v) is 7.14. The Morgan fingerprint density at radius 1 is 1.38 bits per heavy atom. The number of ether oxygens (including phenoxy) is 1. The summed E-state index contributed by atoms with van der Waals surface area (Å²) in [4.78, 5) is 0. The predicted octanol–water partition coefficient (Wildman–Crippen LogP) is 1.83. The molecule has 1 aromatic carbocycles. The fourth-order valence-corrected chi connectivity index (χ4v) is 2.06. The number of nitrogens with two attached hydrogens (primary N) is 1. The second-order valence-corrected chi connectivity index (χ2v) is 3.94. The Labute approximate surface area is 75.5 Å². The first-order chi connectivity index (χ1) is 6.21. The van der Waals surface area contributed by atoms with E-state index < -0.39 is 0 Å². The van der Waals surface area contributed by atoms with Crippen molar-refractivity contribution in [2.45, 2.75) is 18.3 Å². The topological polar surface area (TPSA) is 35.2 Å². The molecule has 0 amide bonds. The SMILES string of the molecule is Nc1cc(F)c2c(c1)OCC21CC1. The molecular weight excluding hydrogens is 169 g/mol. The summed E-state index contributed by atoms with van der Waals surface area (Å²) in [5.74, 6) is 0.444. The first kappa shape index (κ1) is 7.18. The smallest absolute Gasteiger partial charge is 0.132 e.